The Labute approximate surface area is 136 Å². The topological polar surface area (TPSA) is 4.93 Å². The van der Waals surface area contributed by atoms with Crippen LogP contribution < -0.4 is 0 Å². The van der Waals surface area contributed by atoms with Gasteiger partial charge in [-0.25, -0.2) is 0 Å². The maximum atomic E-state index is 2.45. The second-order valence-corrected chi connectivity index (χ2v) is 6.41. The molecule has 1 heterocycles. The molecule has 0 saturated carbocycles. The highest BCUT2D eigenvalue weighted by molar-refractivity contribution is 6.16. The Kier molecular flexibility index (Phi) is 2.66. The van der Waals surface area contributed by atoms with Crippen LogP contribution in [0.25, 0.3) is 32.9 Å². The van der Waals surface area contributed by atoms with Gasteiger partial charge >= 0.3 is 0 Å². The first kappa shape index (κ1) is 13.0. The zero-order chi connectivity index (χ0) is 15.4. The van der Waals surface area contributed by atoms with Crippen LogP contribution in [0.4, 0.5) is 0 Å². The standard InChI is InChI=1S/C22H19N/c1-2-23-19-10-6-5-9-18(19)22-20(23)14-13-16-12-11-15-7-3-4-8-17(15)21(16)22/h3-10,13-14H,2,11-12H2,1H3. The number of aryl methyl sites for hydroxylation is 3. The predicted octanol–water partition coefficient (Wildman–Crippen LogP) is 5.58. The highest BCUT2D eigenvalue weighted by atomic mass is 15.0. The fraction of sp³-hybridized carbons (Fsp3) is 0.182. The third-order valence-corrected chi connectivity index (χ3v) is 5.29. The SMILES string of the molecule is CCn1c2ccccc2c2c3c(ccc21)CCc1ccccc1-3. The summed E-state index contributed by atoms with van der Waals surface area (Å²) in [6, 6.07) is 22.4. The summed E-state index contributed by atoms with van der Waals surface area (Å²) in [5, 5.41) is 2.82. The van der Waals surface area contributed by atoms with Gasteiger partial charge in [-0.15, -0.1) is 0 Å². The van der Waals surface area contributed by atoms with E-state index in [-0.39, 0.29) is 0 Å². The molecular formula is C22H19N. The summed E-state index contributed by atoms with van der Waals surface area (Å²) in [5.74, 6) is 0. The maximum absolute atomic E-state index is 2.45. The van der Waals surface area contributed by atoms with Crippen LogP contribution >= 0.6 is 0 Å². The largest absolute Gasteiger partial charge is 0.341 e. The first-order valence-electron chi connectivity index (χ1n) is 8.49. The van der Waals surface area contributed by atoms with E-state index < -0.39 is 0 Å². The van der Waals surface area contributed by atoms with Crippen molar-refractivity contribution >= 4 is 21.8 Å². The van der Waals surface area contributed by atoms with Crippen molar-refractivity contribution in [1.29, 1.82) is 0 Å². The monoisotopic (exact) mass is 297 g/mol. The summed E-state index contributed by atoms with van der Waals surface area (Å²) in [5.41, 5.74) is 8.59. The van der Waals surface area contributed by atoms with Gasteiger partial charge < -0.3 is 4.57 Å². The second-order valence-electron chi connectivity index (χ2n) is 6.41. The summed E-state index contributed by atoms with van der Waals surface area (Å²) in [7, 11) is 0. The number of benzene rings is 3. The van der Waals surface area contributed by atoms with Crippen LogP contribution in [0.1, 0.15) is 18.1 Å². The Hall–Kier alpha value is -2.54. The van der Waals surface area contributed by atoms with Crippen LogP contribution in [0.15, 0.2) is 60.7 Å². The van der Waals surface area contributed by atoms with E-state index in [1.54, 1.807) is 0 Å². The molecule has 3 aromatic carbocycles. The van der Waals surface area contributed by atoms with Crippen molar-refractivity contribution in [2.24, 2.45) is 0 Å². The molecule has 1 aromatic heterocycles. The molecule has 5 rings (SSSR count). The first-order valence-corrected chi connectivity index (χ1v) is 8.49. The molecular weight excluding hydrogens is 278 g/mol. The number of nitrogens with zero attached hydrogens (tertiary/aromatic N) is 1. The van der Waals surface area contributed by atoms with Crippen LogP contribution in [0.3, 0.4) is 0 Å². The van der Waals surface area contributed by atoms with Crippen molar-refractivity contribution in [3.05, 3.63) is 71.8 Å². The van der Waals surface area contributed by atoms with Crippen LogP contribution in [0.5, 0.6) is 0 Å². The molecule has 0 atom stereocenters. The van der Waals surface area contributed by atoms with Gasteiger partial charge in [-0.05, 0) is 54.2 Å². The molecule has 0 radical (unpaired) electrons. The maximum Gasteiger partial charge on any atom is 0.0497 e. The molecule has 1 aliphatic rings. The van der Waals surface area contributed by atoms with Gasteiger partial charge in [-0.2, -0.15) is 0 Å². The molecule has 0 aliphatic heterocycles. The molecule has 23 heavy (non-hydrogen) atoms. The van der Waals surface area contributed by atoms with Crippen molar-refractivity contribution in [2.45, 2.75) is 26.3 Å². The minimum atomic E-state index is 1.00. The summed E-state index contributed by atoms with van der Waals surface area (Å²) < 4.78 is 2.45. The number of para-hydroxylation sites is 1. The summed E-state index contributed by atoms with van der Waals surface area (Å²) in [6.07, 6.45) is 2.30. The van der Waals surface area contributed by atoms with Crippen LogP contribution in [0, 0.1) is 0 Å². The fourth-order valence-corrected chi connectivity index (χ4v) is 4.29. The van der Waals surface area contributed by atoms with E-state index in [1.165, 1.54) is 44.1 Å². The van der Waals surface area contributed by atoms with Gasteiger partial charge in [0.2, 0.25) is 0 Å². The Balaban J connectivity index is 2.02. The quantitative estimate of drug-likeness (QED) is 0.432. The molecule has 1 aliphatic carbocycles. The Morgan fingerprint density at radius 3 is 2.48 bits per heavy atom. The molecule has 112 valence electrons. The highest BCUT2D eigenvalue weighted by Crippen LogP contribution is 2.42. The Morgan fingerprint density at radius 1 is 0.783 bits per heavy atom. The van der Waals surface area contributed by atoms with Crippen LogP contribution in [-0.2, 0) is 19.4 Å². The highest BCUT2D eigenvalue weighted by Gasteiger charge is 2.21. The zero-order valence-electron chi connectivity index (χ0n) is 13.3. The molecule has 0 spiro atoms. The fourth-order valence-electron chi connectivity index (χ4n) is 4.29. The molecule has 1 heteroatoms. The Morgan fingerprint density at radius 2 is 1.57 bits per heavy atom. The predicted molar refractivity (Wildman–Crippen MR) is 98.0 cm³/mol. The lowest BCUT2D eigenvalue weighted by Gasteiger charge is -2.21. The van der Waals surface area contributed by atoms with Crippen molar-refractivity contribution in [2.75, 3.05) is 0 Å². The number of aromatic nitrogens is 1. The third kappa shape index (κ3) is 1.68. The van der Waals surface area contributed by atoms with E-state index in [0.29, 0.717) is 0 Å². The van der Waals surface area contributed by atoms with Gasteiger partial charge in [0, 0.05) is 28.4 Å². The molecule has 0 N–H and O–H groups in total. The van der Waals surface area contributed by atoms with Crippen LogP contribution in [-0.4, -0.2) is 4.57 Å². The van der Waals surface area contributed by atoms with E-state index in [4.69, 9.17) is 0 Å². The van der Waals surface area contributed by atoms with Crippen molar-refractivity contribution in [1.82, 2.24) is 4.57 Å². The normalized spacial score (nSPS) is 13.3. The number of hydrogen-bond donors (Lipinski definition) is 0. The Bertz CT molecular complexity index is 1050. The molecule has 0 fully saturated rings. The summed E-state index contributed by atoms with van der Waals surface area (Å²) >= 11 is 0. The number of rotatable bonds is 1. The summed E-state index contributed by atoms with van der Waals surface area (Å²) in [4.78, 5) is 0. The van der Waals surface area contributed by atoms with Crippen molar-refractivity contribution in [3.8, 4) is 11.1 Å². The third-order valence-electron chi connectivity index (χ3n) is 5.29. The lowest BCUT2D eigenvalue weighted by molar-refractivity contribution is 0.826. The van der Waals surface area contributed by atoms with Crippen LogP contribution in [0.2, 0.25) is 0 Å². The number of hydrogen-bond acceptors (Lipinski definition) is 0. The second kappa shape index (κ2) is 4.73. The average molecular weight is 297 g/mol. The minimum absolute atomic E-state index is 1.00. The average Bonchev–Trinajstić information content (AvgIpc) is 2.95. The first-order chi connectivity index (χ1) is 11.4. The lowest BCUT2D eigenvalue weighted by atomic mass is 9.83. The van der Waals surface area contributed by atoms with E-state index in [9.17, 15) is 0 Å². The molecule has 0 amide bonds. The number of fused-ring (bicyclic) bond motifs is 7. The smallest absolute Gasteiger partial charge is 0.0497 e. The molecule has 0 unspecified atom stereocenters. The van der Waals surface area contributed by atoms with Gasteiger partial charge in [0.25, 0.3) is 0 Å². The molecule has 4 aromatic rings. The van der Waals surface area contributed by atoms with Crippen molar-refractivity contribution < 1.29 is 0 Å². The molecule has 1 nitrogen and oxygen atoms in total. The van der Waals surface area contributed by atoms with Gasteiger partial charge in [0.15, 0.2) is 0 Å². The molecule has 0 bridgehead atoms. The van der Waals surface area contributed by atoms with Gasteiger partial charge in [0.1, 0.15) is 0 Å². The van der Waals surface area contributed by atoms with E-state index in [1.807, 2.05) is 0 Å². The van der Waals surface area contributed by atoms with Gasteiger partial charge in [-0.1, -0.05) is 48.5 Å². The lowest BCUT2D eigenvalue weighted by Crippen LogP contribution is -2.04. The van der Waals surface area contributed by atoms with E-state index in [0.717, 1.165) is 19.4 Å². The molecule has 0 saturated heterocycles. The van der Waals surface area contributed by atoms with Gasteiger partial charge in [-0.3, -0.25) is 0 Å². The summed E-state index contributed by atoms with van der Waals surface area (Å²) in [6.45, 7) is 3.24. The van der Waals surface area contributed by atoms with E-state index >= 15 is 0 Å². The zero-order valence-corrected chi connectivity index (χ0v) is 13.3. The van der Waals surface area contributed by atoms with Crippen molar-refractivity contribution in [3.63, 3.8) is 0 Å². The minimum Gasteiger partial charge on any atom is -0.341 e. The van der Waals surface area contributed by atoms with Gasteiger partial charge in [0.05, 0.1) is 0 Å². The van der Waals surface area contributed by atoms with E-state index in [2.05, 4.69) is 72.2 Å².